The third kappa shape index (κ3) is 4.11. The number of pyridine rings is 1. The standard InChI is InChI=1S/C24H18FN5O2/c25-18-2-1-3-19(13-18)28-24-27-11-8-20(29-24)17-4-5-22-21(12-17)30(23(31)15-32-22)14-16-6-9-26-10-7-16/h1-13H,14-15H2,(H,27,28,29). The molecule has 0 unspecified atom stereocenters. The molecule has 0 saturated heterocycles. The number of hydrogen-bond acceptors (Lipinski definition) is 6. The zero-order valence-corrected chi connectivity index (χ0v) is 16.9. The summed E-state index contributed by atoms with van der Waals surface area (Å²) >= 11 is 0. The summed E-state index contributed by atoms with van der Waals surface area (Å²) < 4.78 is 19.1. The van der Waals surface area contributed by atoms with E-state index in [9.17, 15) is 9.18 Å². The molecule has 0 fully saturated rings. The molecule has 7 nitrogen and oxygen atoms in total. The van der Waals surface area contributed by atoms with Gasteiger partial charge in [0.2, 0.25) is 5.95 Å². The highest BCUT2D eigenvalue weighted by atomic mass is 19.1. The van der Waals surface area contributed by atoms with Crippen molar-refractivity contribution in [1.82, 2.24) is 15.0 Å². The SMILES string of the molecule is O=C1COc2ccc(-c3ccnc(Nc4cccc(F)c4)n3)cc2N1Cc1ccncc1. The number of carbonyl (C=O) groups excluding carboxylic acids is 1. The number of anilines is 3. The van der Waals surface area contributed by atoms with Crippen LogP contribution < -0.4 is 15.0 Å². The Kier molecular flexibility index (Phi) is 5.17. The molecule has 0 saturated carbocycles. The molecule has 3 heterocycles. The number of halogens is 1. The molecular weight excluding hydrogens is 409 g/mol. The molecular formula is C24H18FN5O2. The summed E-state index contributed by atoms with van der Waals surface area (Å²) in [6.07, 6.45) is 5.02. The zero-order valence-electron chi connectivity index (χ0n) is 16.9. The van der Waals surface area contributed by atoms with Crippen molar-refractivity contribution in [2.75, 3.05) is 16.8 Å². The van der Waals surface area contributed by atoms with E-state index in [0.29, 0.717) is 35.3 Å². The predicted molar refractivity (Wildman–Crippen MR) is 118 cm³/mol. The lowest BCUT2D eigenvalue weighted by Crippen LogP contribution is -2.38. The highest BCUT2D eigenvalue weighted by Crippen LogP contribution is 2.36. The number of fused-ring (bicyclic) bond motifs is 1. The monoisotopic (exact) mass is 427 g/mol. The molecule has 5 rings (SSSR count). The van der Waals surface area contributed by atoms with Crippen LogP contribution in [0.25, 0.3) is 11.3 Å². The van der Waals surface area contributed by atoms with Gasteiger partial charge in [-0.25, -0.2) is 14.4 Å². The van der Waals surface area contributed by atoms with Crippen molar-refractivity contribution in [3.8, 4) is 17.0 Å². The average Bonchev–Trinajstić information content (AvgIpc) is 2.81. The maximum absolute atomic E-state index is 13.5. The van der Waals surface area contributed by atoms with Gasteiger partial charge in [-0.3, -0.25) is 9.78 Å². The number of hydrogen-bond donors (Lipinski definition) is 1. The lowest BCUT2D eigenvalue weighted by atomic mass is 10.1. The Labute approximate surface area is 183 Å². The Morgan fingerprint density at radius 1 is 1.03 bits per heavy atom. The van der Waals surface area contributed by atoms with E-state index in [1.165, 1.54) is 12.1 Å². The minimum Gasteiger partial charge on any atom is -0.482 e. The van der Waals surface area contributed by atoms with Gasteiger partial charge in [0, 0.05) is 29.8 Å². The van der Waals surface area contributed by atoms with E-state index in [2.05, 4.69) is 20.3 Å². The molecule has 0 atom stereocenters. The van der Waals surface area contributed by atoms with Crippen LogP contribution in [0, 0.1) is 5.82 Å². The summed E-state index contributed by atoms with van der Waals surface area (Å²) in [6.45, 7) is 0.407. The summed E-state index contributed by atoms with van der Waals surface area (Å²) in [5.74, 6) is 0.503. The quantitative estimate of drug-likeness (QED) is 0.510. The van der Waals surface area contributed by atoms with Crippen LogP contribution in [0.15, 0.2) is 79.3 Å². The van der Waals surface area contributed by atoms with Crippen molar-refractivity contribution in [2.24, 2.45) is 0 Å². The van der Waals surface area contributed by atoms with E-state index in [1.54, 1.807) is 41.7 Å². The van der Waals surface area contributed by atoms with Gasteiger partial charge in [0.15, 0.2) is 6.61 Å². The first-order chi connectivity index (χ1) is 15.7. The largest absolute Gasteiger partial charge is 0.482 e. The molecule has 0 radical (unpaired) electrons. The van der Waals surface area contributed by atoms with Crippen LogP contribution in [0.4, 0.5) is 21.7 Å². The Morgan fingerprint density at radius 3 is 2.75 bits per heavy atom. The fraction of sp³-hybridized carbons (Fsp3) is 0.0833. The molecule has 0 bridgehead atoms. The van der Waals surface area contributed by atoms with Gasteiger partial charge in [-0.15, -0.1) is 0 Å². The summed E-state index contributed by atoms with van der Waals surface area (Å²) in [7, 11) is 0. The first-order valence-electron chi connectivity index (χ1n) is 9.98. The van der Waals surface area contributed by atoms with E-state index in [1.807, 2.05) is 30.3 Å². The van der Waals surface area contributed by atoms with Crippen molar-refractivity contribution in [1.29, 1.82) is 0 Å². The average molecular weight is 427 g/mol. The van der Waals surface area contributed by atoms with Gasteiger partial charge in [0.25, 0.3) is 5.91 Å². The molecule has 1 amide bonds. The number of carbonyl (C=O) groups is 1. The fourth-order valence-electron chi connectivity index (χ4n) is 3.48. The predicted octanol–water partition coefficient (Wildman–Crippen LogP) is 4.35. The highest BCUT2D eigenvalue weighted by molar-refractivity contribution is 5.98. The molecule has 32 heavy (non-hydrogen) atoms. The Hall–Kier alpha value is -4.33. The lowest BCUT2D eigenvalue weighted by molar-refractivity contribution is -0.121. The van der Waals surface area contributed by atoms with Crippen LogP contribution in [-0.2, 0) is 11.3 Å². The third-order valence-electron chi connectivity index (χ3n) is 5.02. The second-order valence-corrected chi connectivity index (χ2v) is 7.21. The third-order valence-corrected chi connectivity index (χ3v) is 5.02. The summed E-state index contributed by atoms with van der Waals surface area (Å²) in [5.41, 5.74) is 3.65. The molecule has 0 aliphatic carbocycles. The van der Waals surface area contributed by atoms with Gasteiger partial charge in [-0.2, -0.15) is 0 Å². The molecule has 2 aromatic carbocycles. The second kappa shape index (κ2) is 8.43. The molecule has 1 aliphatic rings. The van der Waals surface area contributed by atoms with E-state index in [0.717, 1.165) is 11.1 Å². The number of benzene rings is 2. The van der Waals surface area contributed by atoms with Crippen molar-refractivity contribution >= 4 is 23.2 Å². The molecule has 1 N–H and O–H groups in total. The van der Waals surface area contributed by atoms with Gasteiger partial charge in [-0.05, 0) is 60.2 Å². The topological polar surface area (TPSA) is 80.2 Å². The van der Waals surface area contributed by atoms with Crippen molar-refractivity contribution in [3.05, 3.63) is 90.6 Å². The Balaban J connectivity index is 1.46. The number of aromatic nitrogens is 3. The lowest BCUT2D eigenvalue weighted by Gasteiger charge is -2.30. The van der Waals surface area contributed by atoms with Crippen LogP contribution >= 0.6 is 0 Å². The smallest absolute Gasteiger partial charge is 0.265 e. The summed E-state index contributed by atoms with van der Waals surface area (Å²) in [6, 6.07) is 17.2. The number of amides is 1. The minimum absolute atomic E-state index is 0.00730. The van der Waals surface area contributed by atoms with Crippen molar-refractivity contribution < 1.29 is 13.9 Å². The molecule has 158 valence electrons. The maximum atomic E-state index is 13.5. The van der Waals surface area contributed by atoms with Crippen LogP contribution in [0.2, 0.25) is 0 Å². The van der Waals surface area contributed by atoms with Crippen LogP contribution in [0.5, 0.6) is 5.75 Å². The zero-order chi connectivity index (χ0) is 21.9. The van der Waals surface area contributed by atoms with Gasteiger partial charge >= 0.3 is 0 Å². The van der Waals surface area contributed by atoms with Crippen LogP contribution in [-0.4, -0.2) is 27.5 Å². The Morgan fingerprint density at radius 2 is 1.91 bits per heavy atom. The van der Waals surface area contributed by atoms with E-state index in [4.69, 9.17) is 4.74 Å². The number of nitrogens with zero attached hydrogens (tertiary/aromatic N) is 4. The van der Waals surface area contributed by atoms with Crippen molar-refractivity contribution in [3.63, 3.8) is 0 Å². The molecule has 4 aromatic rings. The molecule has 2 aromatic heterocycles. The van der Waals surface area contributed by atoms with Gasteiger partial charge < -0.3 is 15.0 Å². The number of ether oxygens (including phenoxy) is 1. The van der Waals surface area contributed by atoms with E-state index >= 15 is 0 Å². The first kappa shape index (κ1) is 19.6. The fourth-order valence-corrected chi connectivity index (χ4v) is 3.48. The second-order valence-electron chi connectivity index (χ2n) is 7.21. The van der Waals surface area contributed by atoms with Gasteiger partial charge in [0.05, 0.1) is 17.9 Å². The molecule has 8 heteroatoms. The van der Waals surface area contributed by atoms with Crippen molar-refractivity contribution in [2.45, 2.75) is 6.54 Å². The molecule has 0 spiro atoms. The summed E-state index contributed by atoms with van der Waals surface area (Å²) in [5, 5.41) is 3.01. The summed E-state index contributed by atoms with van der Waals surface area (Å²) in [4.78, 5) is 27.1. The van der Waals surface area contributed by atoms with E-state index < -0.39 is 0 Å². The van der Waals surface area contributed by atoms with Gasteiger partial charge in [-0.1, -0.05) is 6.07 Å². The maximum Gasteiger partial charge on any atom is 0.265 e. The van der Waals surface area contributed by atoms with Gasteiger partial charge in [0.1, 0.15) is 11.6 Å². The number of nitrogens with one attached hydrogen (secondary N) is 1. The number of rotatable bonds is 5. The minimum atomic E-state index is -0.347. The Bertz CT molecular complexity index is 1280. The molecule has 1 aliphatic heterocycles. The first-order valence-corrected chi connectivity index (χ1v) is 9.98. The van der Waals surface area contributed by atoms with E-state index in [-0.39, 0.29) is 18.3 Å². The highest BCUT2D eigenvalue weighted by Gasteiger charge is 2.26. The van der Waals surface area contributed by atoms with Crippen LogP contribution in [0.1, 0.15) is 5.56 Å². The van der Waals surface area contributed by atoms with Crippen LogP contribution in [0.3, 0.4) is 0 Å². The normalized spacial score (nSPS) is 12.8.